The lowest BCUT2D eigenvalue weighted by molar-refractivity contribution is -0.136. The quantitative estimate of drug-likeness (QED) is 0.821. The number of thiazole rings is 1. The standard InChI is InChI=1S/C9H14N2O4S2/c1-6(2)7-5-16-9(10-7)11-17(14,15)4-3-8(12)13/h5-6H,3-4H2,1-2H3,(H,10,11)(H,12,13). The lowest BCUT2D eigenvalue weighted by atomic mass is 10.2. The number of nitrogens with one attached hydrogen (secondary N) is 1. The number of anilines is 1. The first-order valence-corrected chi connectivity index (χ1v) is 7.51. The van der Waals surface area contributed by atoms with E-state index >= 15 is 0 Å². The van der Waals surface area contributed by atoms with E-state index in [4.69, 9.17) is 5.11 Å². The van der Waals surface area contributed by atoms with Crippen LogP contribution in [0.15, 0.2) is 5.38 Å². The van der Waals surface area contributed by atoms with Gasteiger partial charge in [-0.15, -0.1) is 11.3 Å². The zero-order valence-electron chi connectivity index (χ0n) is 9.50. The predicted octanol–water partition coefficient (Wildman–Crippen LogP) is 1.48. The van der Waals surface area contributed by atoms with Gasteiger partial charge in [0.2, 0.25) is 10.0 Å². The SMILES string of the molecule is CC(C)c1csc(NS(=O)(=O)CCC(=O)O)n1. The third-order valence-electron chi connectivity index (χ3n) is 1.94. The number of hydrogen-bond acceptors (Lipinski definition) is 5. The Morgan fingerprint density at radius 1 is 1.59 bits per heavy atom. The fourth-order valence-corrected chi connectivity index (χ4v) is 3.15. The Hall–Kier alpha value is -1.15. The lowest BCUT2D eigenvalue weighted by Gasteiger charge is -2.03. The number of hydrogen-bond donors (Lipinski definition) is 2. The van der Waals surface area contributed by atoms with Crippen LogP contribution in [0.2, 0.25) is 0 Å². The Kier molecular flexibility index (Phi) is 4.47. The minimum Gasteiger partial charge on any atom is -0.481 e. The molecule has 0 unspecified atom stereocenters. The molecular formula is C9H14N2O4S2. The number of sulfonamides is 1. The van der Waals surface area contributed by atoms with Crippen molar-refractivity contribution in [1.29, 1.82) is 0 Å². The highest BCUT2D eigenvalue weighted by atomic mass is 32.2. The van der Waals surface area contributed by atoms with Gasteiger partial charge in [0, 0.05) is 5.38 Å². The summed E-state index contributed by atoms with van der Waals surface area (Å²) in [6, 6.07) is 0. The molecule has 0 amide bonds. The maximum Gasteiger partial charge on any atom is 0.304 e. The second-order valence-corrected chi connectivity index (χ2v) is 6.50. The van der Waals surface area contributed by atoms with Gasteiger partial charge in [-0.25, -0.2) is 13.4 Å². The van der Waals surface area contributed by atoms with Crippen LogP contribution in [-0.2, 0) is 14.8 Å². The van der Waals surface area contributed by atoms with E-state index in [-0.39, 0.29) is 11.0 Å². The summed E-state index contributed by atoms with van der Waals surface area (Å²) in [6.07, 6.45) is -0.419. The van der Waals surface area contributed by atoms with Gasteiger partial charge < -0.3 is 5.11 Å². The molecule has 8 heteroatoms. The fraction of sp³-hybridized carbons (Fsp3) is 0.556. The van der Waals surface area contributed by atoms with Crippen molar-refractivity contribution in [1.82, 2.24) is 4.98 Å². The largest absolute Gasteiger partial charge is 0.481 e. The molecule has 1 heterocycles. The zero-order valence-corrected chi connectivity index (χ0v) is 11.1. The highest BCUT2D eigenvalue weighted by molar-refractivity contribution is 7.92. The first-order valence-electron chi connectivity index (χ1n) is 4.98. The van der Waals surface area contributed by atoms with Crippen molar-refractivity contribution in [3.8, 4) is 0 Å². The molecule has 0 aliphatic carbocycles. The van der Waals surface area contributed by atoms with Crippen LogP contribution in [0.4, 0.5) is 5.13 Å². The molecule has 0 saturated carbocycles. The number of carboxylic acids is 1. The van der Waals surface area contributed by atoms with E-state index in [1.54, 1.807) is 5.38 Å². The Bertz CT molecular complexity index is 493. The van der Waals surface area contributed by atoms with E-state index in [0.717, 1.165) is 5.69 Å². The summed E-state index contributed by atoms with van der Waals surface area (Å²) in [6.45, 7) is 3.91. The van der Waals surface area contributed by atoms with Crippen LogP contribution in [0.3, 0.4) is 0 Å². The van der Waals surface area contributed by atoms with Gasteiger partial charge in [-0.3, -0.25) is 9.52 Å². The van der Waals surface area contributed by atoms with Crippen molar-refractivity contribution >= 4 is 32.5 Å². The van der Waals surface area contributed by atoms with Crippen LogP contribution in [0.25, 0.3) is 0 Å². The Balaban J connectivity index is 2.66. The van der Waals surface area contributed by atoms with Crippen molar-refractivity contribution in [2.75, 3.05) is 10.5 Å². The van der Waals surface area contributed by atoms with Crippen LogP contribution < -0.4 is 4.72 Å². The second-order valence-electron chi connectivity index (χ2n) is 3.80. The maximum atomic E-state index is 11.5. The van der Waals surface area contributed by atoms with E-state index in [9.17, 15) is 13.2 Å². The third kappa shape index (κ3) is 4.70. The van der Waals surface area contributed by atoms with Crippen LogP contribution in [-0.4, -0.2) is 30.2 Å². The summed E-state index contributed by atoms with van der Waals surface area (Å²) in [5, 5.41) is 10.5. The van der Waals surface area contributed by atoms with Crippen molar-refractivity contribution in [2.45, 2.75) is 26.2 Å². The highest BCUT2D eigenvalue weighted by Gasteiger charge is 2.15. The molecule has 96 valence electrons. The van der Waals surface area contributed by atoms with E-state index < -0.39 is 28.2 Å². The van der Waals surface area contributed by atoms with Crippen molar-refractivity contribution in [3.63, 3.8) is 0 Å². The van der Waals surface area contributed by atoms with Crippen molar-refractivity contribution in [3.05, 3.63) is 11.1 Å². The zero-order chi connectivity index (χ0) is 13.1. The van der Waals surface area contributed by atoms with Crippen LogP contribution >= 0.6 is 11.3 Å². The smallest absolute Gasteiger partial charge is 0.304 e. The van der Waals surface area contributed by atoms with Crippen molar-refractivity contribution < 1.29 is 18.3 Å². The molecule has 1 aromatic heterocycles. The maximum absolute atomic E-state index is 11.5. The molecule has 0 saturated heterocycles. The molecule has 17 heavy (non-hydrogen) atoms. The number of nitrogens with zero attached hydrogens (tertiary/aromatic N) is 1. The Morgan fingerprint density at radius 3 is 2.71 bits per heavy atom. The average molecular weight is 278 g/mol. The predicted molar refractivity (Wildman–Crippen MR) is 65.9 cm³/mol. The molecular weight excluding hydrogens is 264 g/mol. The van der Waals surface area contributed by atoms with Gasteiger partial charge in [-0.2, -0.15) is 0 Å². The van der Waals surface area contributed by atoms with Crippen LogP contribution in [0, 0.1) is 0 Å². The topological polar surface area (TPSA) is 96.4 Å². The molecule has 6 nitrogen and oxygen atoms in total. The Labute approximate surface area is 104 Å². The first-order chi connectivity index (χ1) is 7.80. The average Bonchev–Trinajstić information content (AvgIpc) is 2.63. The summed E-state index contributed by atoms with van der Waals surface area (Å²) >= 11 is 1.19. The first kappa shape index (κ1) is 13.9. The highest BCUT2D eigenvalue weighted by Crippen LogP contribution is 2.22. The fourth-order valence-electron chi connectivity index (χ4n) is 1.00. The summed E-state index contributed by atoms with van der Waals surface area (Å²) in [5.41, 5.74) is 0.811. The van der Waals surface area contributed by atoms with E-state index in [1.807, 2.05) is 13.8 Å². The van der Waals surface area contributed by atoms with Gasteiger partial charge in [0.05, 0.1) is 17.9 Å². The van der Waals surface area contributed by atoms with E-state index in [0.29, 0.717) is 0 Å². The molecule has 0 atom stereocenters. The van der Waals surface area contributed by atoms with Crippen molar-refractivity contribution in [2.24, 2.45) is 0 Å². The molecule has 0 bridgehead atoms. The normalized spacial score (nSPS) is 11.7. The van der Waals surface area contributed by atoms with Gasteiger partial charge >= 0.3 is 5.97 Å². The number of aromatic nitrogens is 1. The second kappa shape index (κ2) is 5.46. The molecule has 2 N–H and O–H groups in total. The van der Waals surface area contributed by atoms with Crippen LogP contribution in [0.5, 0.6) is 0 Å². The summed E-state index contributed by atoms with van der Waals surface area (Å²) < 4.78 is 25.2. The molecule has 0 spiro atoms. The van der Waals surface area contributed by atoms with Gasteiger partial charge in [0.1, 0.15) is 0 Å². The number of carbonyl (C=O) groups is 1. The summed E-state index contributed by atoms with van der Waals surface area (Å²) in [4.78, 5) is 14.4. The molecule has 1 rings (SSSR count). The number of rotatable bonds is 6. The molecule has 0 fully saturated rings. The molecule has 0 aromatic carbocycles. The summed E-state index contributed by atoms with van der Waals surface area (Å²) in [5.74, 6) is -1.36. The molecule has 0 aliphatic rings. The van der Waals surface area contributed by atoms with Gasteiger partial charge in [0.15, 0.2) is 5.13 Å². The minimum absolute atomic E-state index is 0.225. The number of aliphatic carboxylic acids is 1. The lowest BCUT2D eigenvalue weighted by Crippen LogP contribution is -2.18. The molecule has 0 aliphatic heterocycles. The minimum atomic E-state index is -3.62. The van der Waals surface area contributed by atoms with Gasteiger partial charge in [0.25, 0.3) is 0 Å². The van der Waals surface area contributed by atoms with E-state index in [2.05, 4.69) is 9.71 Å². The Morgan fingerprint density at radius 2 is 2.24 bits per heavy atom. The van der Waals surface area contributed by atoms with Gasteiger partial charge in [-0.05, 0) is 5.92 Å². The molecule has 1 aromatic rings. The monoisotopic (exact) mass is 278 g/mol. The van der Waals surface area contributed by atoms with E-state index in [1.165, 1.54) is 11.3 Å². The third-order valence-corrected chi connectivity index (χ3v) is 4.09. The molecule has 0 radical (unpaired) electrons. The summed E-state index contributed by atoms with van der Waals surface area (Å²) in [7, 11) is -3.62. The van der Waals surface area contributed by atoms with Gasteiger partial charge in [-0.1, -0.05) is 13.8 Å². The van der Waals surface area contributed by atoms with Crippen LogP contribution in [0.1, 0.15) is 31.9 Å². The number of carboxylic acid groups (broad SMARTS) is 1.